The zero-order valence-electron chi connectivity index (χ0n) is 17.4. The molecule has 2 aromatic carbocycles. The van der Waals surface area contributed by atoms with E-state index >= 15 is 0 Å². The lowest BCUT2D eigenvalue weighted by atomic mass is 10.0. The maximum Gasteiger partial charge on any atom is 0.305 e. The molecule has 0 radical (unpaired) electrons. The Morgan fingerprint density at radius 2 is 1.97 bits per heavy atom. The van der Waals surface area contributed by atoms with Crippen LogP contribution < -0.4 is 4.74 Å². The van der Waals surface area contributed by atoms with E-state index in [-0.39, 0.29) is 12.1 Å². The highest BCUT2D eigenvalue weighted by Crippen LogP contribution is 2.42. The lowest BCUT2D eigenvalue weighted by molar-refractivity contribution is -0.140. The van der Waals surface area contributed by atoms with Gasteiger partial charge in [0.1, 0.15) is 17.6 Å². The van der Waals surface area contributed by atoms with Crippen molar-refractivity contribution in [3.05, 3.63) is 47.0 Å². The number of aromatic nitrogens is 1. The van der Waals surface area contributed by atoms with Crippen molar-refractivity contribution in [1.29, 1.82) is 0 Å². The molecule has 1 aliphatic heterocycles. The zero-order chi connectivity index (χ0) is 20.7. The fourth-order valence-corrected chi connectivity index (χ4v) is 4.43. The number of para-hydroxylation sites is 1. The van der Waals surface area contributed by atoms with Gasteiger partial charge in [0, 0.05) is 11.8 Å². The van der Waals surface area contributed by atoms with Gasteiger partial charge in [-0.25, -0.2) is 0 Å². The summed E-state index contributed by atoms with van der Waals surface area (Å²) in [6, 6.07) is 10.3. The van der Waals surface area contributed by atoms with Crippen LogP contribution >= 0.6 is 0 Å². The number of hydrogen-bond donors (Lipinski definition) is 1. The van der Waals surface area contributed by atoms with Crippen molar-refractivity contribution >= 4 is 16.9 Å². The molecular weight excluding hydrogens is 366 g/mol. The smallest absolute Gasteiger partial charge is 0.305 e. The molecule has 1 atom stereocenters. The standard InChI is InChI=1S/C24H27NO4/c1-14-11-17(12-15(2)24(14)27)22-16(3)19-8-6-9-20-23(19)25(22)13-18(29-20)7-5-10-21(26)28-4/h6,8-9,11-12,18,27H,5,7,10,13H2,1-4H3. The van der Waals surface area contributed by atoms with E-state index in [9.17, 15) is 9.90 Å². The van der Waals surface area contributed by atoms with Crippen molar-refractivity contribution in [3.8, 4) is 22.8 Å². The molecule has 0 spiro atoms. The first-order valence-corrected chi connectivity index (χ1v) is 10.1. The summed E-state index contributed by atoms with van der Waals surface area (Å²) >= 11 is 0. The third kappa shape index (κ3) is 3.35. The van der Waals surface area contributed by atoms with Crippen LogP contribution in [0.25, 0.3) is 22.2 Å². The number of phenolic OH excluding ortho intramolecular Hbond substituents is 1. The molecule has 0 bridgehead atoms. The van der Waals surface area contributed by atoms with Crippen molar-refractivity contribution < 1.29 is 19.4 Å². The quantitative estimate of drug-likeness (QED) is 0.617. The lowest BCUT2D eigenvalue weighted by Gasteiger charge is -2.27. The van der Waals surface area contributed by atoms with Gasteiger partial charge in [-0.15, -0.1) is 0 Å². The molecule has 29 heavy (non-hydrogen) atoms. The summed E-state index contributed by atoms with van der Waals surface area (Å²) in [6.45, 7) is 6.75. The van der Waals surface area contributed by atoms with Crippen LogP contribution in [-0.4, -0.2) is 28.9 Å². The first-order valence-electron chi connectivity index (χ1n) is 10.1. The van der Waals surface area contributed by atoms with Crippen molar-refractivity contribution in [1.82, 2.24) is 4.57 Å². The highest BCUT2D eigenvalue weighted by molar-refractivity contribution is 5.95. The van der Waals surface area contributed by atoms with E-state index in [4.69, 9.17) is 9.47 Å². The maximum atomic E-state index is 11.5. The molecule has 0 fully saturated rings. The molecule has 3 aromatic rings. The molecule has 2 heterocycles. The van der Waals surface area contributed by atoms with E-state index in [2.05, 4.69) is 29.7 Å². The average Bonchev–Trinajstić information content (AvgIpc) is 2.99. The first kappa shape index (κ1) is 19.4. The van der Waals surface area contributed by atoms with E-state index < -0.39 is 0 Å². The Bertz CT molecular complexity index is 1070. The summed E-state index contributed by atoms with van der Waals surface area (Å²) in [5.41, 5.74) is 6.35. The fourth-order valence-electron chi connectivity index (χ4n) is 4.43. The van der Waals surface area contributed by atoms with E-state index in [1.165, 1.54) is 23.8 Å². The van der Waals surface area contributed by atoms with Gasteiger partial charge >= 0.3 is 5.97 Å². The van der Waals surface area contributed by atoms with Crippen LogP contribution in [0, 0.1) is 20.8 Å². The van der Waals surface area contributed by atoms with Gasteiger partial charge in [-0.05, 0) is 74.1 Å². The second-order valence-corrected chi connectivity index (χ2v) is 7.90. The predicted octanol–water partition coefficient (Wildman–Crippen LogP) is 5.04. The second-order valence-electron chi connectivity index (χ2n) is 7.90. The molecule has 0 aliphatic carbocycles. The highest BCUT2D eigenvalue weighted by Gasteiger charge is 2.27. The number of phenols is 1. The molecule has 152 valence electrons. The van der Waals surface area contributed by atoms with Crippen LogP contribution in [0.1, 0.15) is 36.0 Å². The highest BCUT2D eigenvalue weighted by atomic mass is 16.5. The molecular formula is C24H27NO4. The number of carbonyl (C=O) groups is 1. The van der Waals surface area contributed by atoms with Crippen LogP contribution in [0.5, 0.6) is 11.5 Å². The molecule has 0 saturated heterocycles. The SMILES string of the molecule is COC(=O)CCCC1Cn2c(-c3cc(C)c(O)c(C)c3)c(C)c3cccc(c32)O1. The Labute approximate surface area is 170 Å². The van der Waals surface area contributed by atoms with Gasteiger partial charge in [-0.1, -0.05) is 12.1 Å². The van der Waals surface area contributed by atoms with Crippen LogP contribution in [-0.2, 0) is 16.1 Å². The third-order valence-corrected chi connectivity index (χ3v) is 5.88. The number of esters is 1. The zero-order valence-corrected chi connectivity index (χ0v) is 17.4. The Balaban J connectivity index is 1.76. The molecule has 1 aromatic heterocycles. The summed E-state index contributed by atoms with van der Waals surface area (Å²) < 4.78 is 13.4. The number of hydrogen-bond acceptors (Lipinski definition) is 4. The van der Waals surface area contributed by atoms with Gasteiger partial charge in [0.2, 0.25) is 0 Å². The Hall–Kier alpha value is -2.95. The third-order valence-electron chi connectivity index (χ3n) is 5.88. The minimum absolute atomic E-state index is 0.00242. The monoisotopic (exact) mass is 393 g/mol. The molecule has 0 amide bonds. The number of aromatic hydroxyl groups is 1. The number of rotatable bonds is 5. The van der Waals surface area contributed by atoms with Crippen LogP contribution in [0.15, 0.2) is 30.3 Å². The number of benzene rings is 2. The summed E-state index contributed by atoms with van der Waals surface area (Å²) in [4.78, 5) is 11.5. The number of ether oxygens (including phenoxy) is 2. The summed E-state index contributed by atoms with van der Waals surface area (Å²) in [5, 5.41) is 11.4. The molecule has 1 unspecified atom stereocenters. The fraction of sp³-hybridized carbons (Fsp3) is 0.375. The van der Waals surface area contributed by atoms with E-state index in [0.29, 0.717) is 12.2 Å². The van der Waals surface area contributed by atoms with Crippen molar-refractivity contribution in [2.45, 2.75) is 52.7 Å². The Morgan fingerprint density at radius 1 is 1.24 bits per heavy atom. The van der Waals surface area contributed by atoms with E-state index in [1.54, 1.807) is 0 Å². The Morgan fingerprint density at radius 3 is 2.66 bits per heavy atom. The van der Waals surface area contributed by atoms with Gasteiger partial charge in [0.15, 0.2) is 0 Å². The lowest BCUT2D eigenvalue weighted by Crippen LogP contribution is -2.27. The topological polar surface area (TPSA) is 60.7 Å². The predicted molar refractivity (Wildman–Crippen MR) is 114 cm³/mol. The van der Waals surface area contributed by atoms with E-state index in [1.807, 2.05) is 26.0 Å². The normalized spacial score (nSPS) is 15.4. The molecule has 1 aliphatic rings. The Kier molecular flexibility index (Phi) is 4.99. The van der Waals surface area contributed by atoms with Crippen molar-refractivity contribution in [2.24, 2.45) is 0 Å². The molecule has 5 heteroatoms. The van der Waals surface area contributed by atoms with Crippen molar-refractivity contribution in [2.75, 3.05) is 7.11 Å². The van der Waals surface area contributed by atoms with Gasteiger partial charge in [-0.2, -0.15) is 0 Å². The summed E-state index contributed by atoms with van der Waals surface area (Å²) in [5.74, 6) is 1.06. The first-order chi connectivity index (χ1) is 13.9. The maximum absolute atomic E-state index is 11.5. The van der Waals surface area contributed by atoms with Gasteiger partial charge in [0.25, 0.3) is 0 Å². The largest absolute Gasteiger partial charge is 0.507 e. The van der Waals surface area contributed by atoms with Crippen LogP contribution in [0.4, 0.5) is 0 Å². The number of methoxy groups -OCH3 is 1. The molecule has 0 saturated carbocycles. The van der Waals surface area contributed by atoms with Gasteiger partial charge in [-0.3, -0.25) is 4.79 Å². The number of carbonyl (C=O) groups excluding carboxylic acids is 1. The van der Waals surface area contributed by atoms with Gasteiger partial charge < -0.3 is 19.1 Å². The molecule has 4 rings (SSSR count). The van der Waals surface area contributed by atoms with Crippen LogP contribution in [0.2, 0.25) is 0 Å². The minimum atomic E-state index is -0.184. The summed E-state index contributed by atoms with van der Waals surface area (Å²) in [7, 11) is 1.42. The van der Waals surface area contributed by atoms with E-state index in [0.717, 1.165) is 47.3 Å². The number of aryl methyl sites for hydroxylation is 3. The number of nitrogens with zero attached hydrogens (tertiary/aromatic N) is 1. The summed E-state index contributed by atoms with van der Waals surface area (Å²) in [6.07, 6.45) is 1.93. The average molecular weight is 393 g/mol. The van der Waals surface area contributed by atoms with Crippen molar-refractivity contribution in [3.63, 3.8) is 0 Å². The minimum Gasteiger partial charge on any atom is -0.507 e. The molecule has 1 N–H and O–H groups in total. The second kappa shape index (κ2) is 7.47. The van der Waals surface area contributed by atoms with Crippen LogP contribution in [0.3, 0.4) is 0 Å². The molecule has 5 nitrogen and oxygen atoms in total. The van der Waals surface area contributed by atoms with Gasteiger partial charge in [0.05, 0.1) is 24.9 Å².